The molecule has 0 fully saturated rings. The van der Waals surface area contributed by atoms with Gasteiger partial charge in [-0.1, -0.05) is 71.9 Å². The van der Waals surface area contributed by atoms with Gasteiger partial charge in [-0.3, -0.25) is 9.98 Å². The molecular weight excluding hydrogens is 438 g/mol. The largest absolute Gasteiger partial charge is 0.251 e. The summed E-state index contributed by atoms with van der Waals surface area (Å²) in [6.07, 6.45) is 5.99. The van der Waals surface area contributed by atoms with Gasteiger partial charge in [0.05, 0.1) is 34.2 Å². The molecule has 3 nitrogen and oxygen atoms in total. The molecule has 0 aliphatic heterocycles. The van der Waals surface area contributed by atoms with Gasteiger partial charge in [0.15, 0.2) is 0 Å². The summed E-state index contributed by atoms with van der Waals surface area (Å²) in [5.74, 6) is 0. The summed E-state index contributed by atoms with van der Waals surface area (Å²) < 4.78 is 0. The lowest BCUT2D eigenvalue weighted by Gasteiger charge is -2.14. The molecule has 0 bridgehead atoms. The maximum Gasteiger partial charge on any atom is 0.0849 e. The van der Waals surface area contributed by atoms with E-state index in [2.05, 4.69) is 97.9 Å². The topological polar surface area (TPSA) is 37.6 Å². The Balaban J connectivity index is 2.04. The standard InChI is InChI=1S/C33H43N3/c1-9-24-18-26(11-3)32(27(12-4)19-24)34-22(7)30-16-15-17-31(36-30)23(8)35-33-28(13-5)20-25(10-2)21-29(33)14-6/h15-21H,9-14H2,1-8H3. The molecule has 3 rings (SSSR count). The highest BCUT2D eigenvalue weighted by Crippen LogP contribution is 2.30. The number of hydrogen-bond donors (Lipinski definition) is 0. The normalized spacial score (nSPS) is 12.3. The van der Waals surface area contributed by atoms with Gasteiger partial charge in [-0.25, -0.2) is 4.98 Å². The SMILES string of the molecule is CCc1cc(CC)c(N=C(C)c2cccc(C(C)=Nc3c(CC)cc(CC)cc3CC)n2)c(CC)c1. The number of pyridine rings is 1. The Morgan fingerprint density at radius 3 is 1.17 bits per heavy atom. The molecule has 0 aliphatic rings. The maximum absolute atomic E-state index is 5.12. The molecule has 190 valence electrons. The Kier molecular flexibility index (Phi) is 9.75. The molecular formula is C33H43N3. The van der Waals surface area contributed by atoms with Gasteiger partial charge in [-0.15, -0.1) is 0 Å². The van der Waals surface area contributed by atoms with E-state index >= 15 is 0 Å². The van der Waals surface area contributed by atoms with Gasteiger partial charge in [0.2, 0.25) is 0 Å². The molecule has 0 amide bonds. The number of nitrogens with zero attached hydrogens (tertiary/aromatic N) is 3. The monoisotopic (exact) mass is 481 g/mol. The van der Waals surface area contributed by atoms with E-state index in [9.17, 15) is 0 Å². The zero-order valence-electron chi connectivity index (χ0n) is 23.6. The van der Waals surface area contributed by atoms with E-state index < -0.39 is 0 Å². The molecule has 0 N–H and O–H groups in total. The predicted octanol–water partition coefficient (Wildman–Crippen LogP) is 8.74. The van der Waals surface area contributed by atoms with Crippen molar-refractivity contribution in [3.05, 3.63) is 87.2 Å². The minimum atomic E-state index is 0.901. The molecule has 0 spiro atoms. The van der Waals surface area contributed by atoms with Gasteiger partial charge >= 0.3 is 0 Å². The molecule has 0 aliphatic carbocycles. The Morgan fingerprint density at radius 1 is 0.556 bits per heavy atom. The summed E-state index contributed by atoms with van der Waals surface area (Å²) in [6.45, 7) is 17.4. The average molecular weight is 482 g/mol. The van der Waals surface area contributed by atoms with Crippen molar-refractivity contribution in [2.45, 2.75) is 93.9 Å². The third kappa shape index (κ3) is 6.19. The van der Waals surface area contributed by atoms with Crippen LogP contribution >= 0.6 is 0 Å². The average Bonchev–Trinajstić information content (AvgIpc) is 2.92. The zero-order chi connectivity index (χ0) is 26.2. The Bertz CT molecular complexity index is 1120. The van der Waals surface area contributed by atoms with Crippen LogP contribution in [0.15, 0.2) is 52.4 Å². The Labute approximate surface area is 218 Å². The number of aliphatic imine (C=N–C) groups is 2. The first kappa shape index (κ1) is 27.5. The summed E-state index contributed by atoms with van der Waals surface area (Å²) in [7, 11) is 0. The van der Waals surface area contributed by atoms with E-state index in [1.165, 1.54) is 33.4 Å². The highest BCUT2D eigenvalue weighted by Gasteiger charge is 2.12. The zero-order valence-corrected chi connectivity index (χ0v) is 23.6. The van der Waals surface area contributed by atoms with Gasteiger partial charge in [0.1, 0.15) is 0 Å². The van der Waals surface area contributed by atoms with Gasteiger partial charge in [0, 0.05) is 0 Å². The van der Waals surface area contributed by atoms with Crippen LogP contribution in [-0.2, 0) is 38.5 Å². The Morgan fingerprint density at radius 2 is 0.889 bits per heavy atom. The fourth-order valence-corrected chi connectivity index (χ4v) is 4.73. The van der Waals surface area contributed by atoms with Crippen molar-refractivity contribution in [1.82, 2.24) is 4.98 Å². The van der Waals surface area contributed by atoms with Crippen molar-refractivity contribution in [3.63, 3.8) is 0 Å². The van der Waals surface area contributed by atoms with E-state index in [0.29, 0.717) is 0 Å². The molecule has 0 unspecified atom stereocenters. The van der Waals surface area contributed by atoms with E-state index in [-0.39, 0.29) is 0 Å². The first-order valence-electron chi connectivity index (χ1n) is 13.8. The van der Waals surface area contributed by atoms with Crippen LogP contribution in [0.2, 0.25) is 0 Å². The van der Waals surface area contributed by atoms with Crippen LogP contribution in [0, 0.1) is 0 Å². The van der Waals surface area contributed by atoms with Crippen LogP contribution in [0.5, 0.6) is 0 Å². The lowest BCUT2D eigenvalue weighted by molar-refractivity contribution is 1.04. The molecule has 1 heterocycles. The number of hydrogen-bond acceptors (Lipinski definition) is 3. The second-order valence-corrected chi connectivity index (χ2v) is 9.45. The maximum atomic E-state index is 5.12. The second kappa shape index (κ2) is 12.8. The second-order valence-electron chi connectivity index (χ2n) is 9.45. The predicted molar refractivity (Wildman–Crippen MR) is 157 cm³/mol. The first-order chi connectivity index (χ1) is 17.4. The summed E-state index contributed by atoms with van der Waals surface area (Å²) in [5, 5.41) is 0. The molecule has 2 aromatic carbocycles. The van der Waals surface area contributed by atoms with Crippen LogP contribution in [0.3, 0.4) is 0 Å². The number of benzene rings is 2. The molecule has 1 aromatic heterocycles. The van der Waals surface area contributed by atoms with Crippen molar-refractivity contribution in [2.24, 2.45) is 9.98 Å². The summed E-state index contributed by atoms with van der Waals surface area (Å²) in [5.41, 5.74) is 13.9. The van der Waals surface area contributed by atoms with Crippen molar-refractivity contribution in [2.75, 3.05) is 0 Å². The molecule has 0 atom stereocenters. The lowest BCUT2D eigenvalue weighted by atomic mass is 9.98. The van der Waals surface area contributed by atoms with Crippen LogP contribution in [0.1, 0.15) is 100 Å². The van der Waals surface area contributed by atoms with Crippen molar-refractivity contribution < 1.29 is 0 Å². The van der Waals surface area contributed by atoms with Gasteiger partial charge in [0.25, 0.3) is 0 Å². The quantitative estimate of drug-likeness (QED) is 0.267. The number of rotatable bonds is 10. The fourth-order valence-electron chi connectivity index (χ4n) is 4.73. The van der Waals surface area contributed by atoms with Crippen LogP contribution in [0.4, 0.5) is 11.4 Å². The summed E-state index contributed by atoms with van der Waals surface area (Å²) in [6, 6.07) is 15.4. The minimum absolute atomic E-state index is 0.901. The van der Waals surface area contributed by atoms with Gasteiger partial charge < -0.3 is 0 Å². The van der Waals surface area contributed by atoms with E-state index in [1.54, 1.807) is 0 Å². The van der Waals surface area contributed by atoms with Gasteiger partial charge in [-0.05, 0) is 97.9 Å². The molecule has 0 saturated heterocycles. The van der Waals surface area contributed by atoms with Crippen LogP contribution in [-0.4, -0.2) is 16.4 Å². The van der Waals surface area contributed by atoms with Crippen molar-refractivity contribution >= 4 is 22.8 Å². The molecule has 36 heavy (non-hydrogen) atoms. The van der Waals surface area contributed by atoms with Crippen LogP contribution < -0.4 is 0 Å². The van der Waals surface area contributed by atoms with Gasteiger partial charge in [-0.2, -0.15) is 0 Å². The fraction of sp³-hybridized carbons (Fsp3) is 0.424. The number of aromatic nitrogens is 1. The number of aryl methyl sites for hydroxylation is 6. The smallest absolute Gasteiger partial charge is 0.0849 e. The Hall–Kier alpha value is -3.07. The highest BCUT2D eigenvalue weighted by molar-refractivity contribution is 6.02. The van der Waals surface area contributed by atoms with Crippen molar-refractivity contribution in [3.8, 4) is 0 Å². The van der Waals surface area contributed by atoms with E-state index in [4.69, 9.17) is 15.0 Å². The molecule has 0 radical (unpaired) electrons. The summed E-state index contributed by atoms with van der Waals surface area (Å²) >= 11 is 0. The molecule has 0 saturated carbocycles. The van der Waals surface area contributed by atoms with E-state index in [1.807, 2.05) is 0 Å². The summed E-state index contributed by atoms with van der Waals surface area (Å²) in [4.78, 5) is 15.2. The third-order valence-corrected chi connectivity index (χ3v) is 7.04. The molecule has 3 heteroatoms. The van der Waals surface area contributed by atoms with Crippen molar-refractivity contribution in [1.29, 1.82) is 0 Å². The minimum Gasteiger partial charge on any atom is -0.251 e. The first-order valence-corrected chi connectivity index (χ1v) is 13.8. The molecule has 3 aromatic rings. The highest BCUT2D eigenvalue weighted by atomic mass is 14.8. The third-order valence-electron chi connectivity index (χ3n) is 7.04. The van der Waals surface area contributed by atoms with Crippen LogP contribution in [0.25, 0.3) is 0 Å². The van der Waals surface area contributed by atoms with E-state index in [0.717, 1.165) is 72.7 Å². The lowest BCUT2D eigenvalue weighted by Crippen LogP contribution is -2.06.